The molecule has 0 bridgehead atoms. The van der Waals surface area contributed by atoms with Crippen LogP contribution in [0.4, 0.5) is 0 Å². The molecule has 4 atom stereocenters. The molecule has 0 radical (unpaired) electrons. The van der Waals surface area contributed by atoms with E-state index in [1.165, 1.54) is 0 Å². The standard InChI is InChI=1S/C18H31N5O8S/c1-8(2)5-11(18(30)31)22-16(28)10(3-4-13(20)24)21-17(29)12(7-32)23-15(27)9(19)6-14(25)26/h8-12,32H,3-7,19H2,1-2H3,(H2,20,24)(H,21,29)(H,22,28)(H,23,27)(H,25,26)(H,30,31). The molecule has 0 saturated heterocycles. The normalized spacial score (nSPS) is 14.5. The smallest absolute Gasteiger partial charge is 0.326 e. The molecule has 32 heavy (non-hydrogen) atoms. The molecule has 0 aromatic rings. The largest absolute Gasteiger partial charge is 0.481 e. The number of carboxylic acid groups (broad SMARTS) is 2. The molecule has 0 heterocycles. The van der Waals surface area contributed by atoms with Crippen LogP contribution in [-0.2, 0) is 28.8 Å². The molecular formula is C18H31N5O8S. The van der Waals surface area contributed by atoms with Crippen LogP contribution in [0.5, 0.6) is 0 Å². The van der Waals surface area contributed by atoms with Crippen molar-refractivity contribution in [2.24, 2.45) is 17.4 Å². The summed E-state index contributed by atoms with van der Waals surface area (Å²) in [4.78, 5) is 70.4. The zero-order valence-electron chi connectivity index (χ0n) is 17.9. The van der Waals surface area contributed by atoms with Crippen LogP contribution in [0.15, 0.2) is 0 Å². The molecule has 0 aliphatic carbocycles. The van der Waals surface area contributed by atoms with Crippen molar-refractivity contribution in [3.8, 4) is 0 Å². The second-order valence-electron chi connectivity index (χ2n) is 7.54. The molecule has 182 valence electrons. The minimum absolute atomic E-state index is 0.0474. The summed E-state index contributed by atoms with van der Waals surface area (Å²) in [6, 6.07) is -5.23. The Kier molecular flexibility index (Phi) is 13.0. The average Bonchev–Trinajstić information content (AvgIpc) is 2.66. The molecule has 4 amide bonds. The summed E-state index contributed by atoms with van der Waals surface area (Å²) in [5, 5.41) is 24.9. The molecule has 0 aliphatic heterocycles. The predicted octanol–water partition coefficient (Wildman–Crippen LogP) is -2.43. The zero-order valence-corrected chi connectivity index (χ0v) is 18.8. The van der Waals surface area contributed by atoms with Crippen molar-refractivity contribution in [3.05, 3.63) is 0 Å². The van der Waals surface area contributed by atoms with Gasteiger partial charge in [-0.15, -0.1) is 0 Å². The third kappa shape index (κ3) is 11.5. The van der Waals surface area contributed by atoms with E-state index in [-0.39, 0.29) is 30.9 Å². The highest BCUT2D eigenvalue weighted by atomic mass is 32.1. The third-order valence-electron chi connectivity index (χ3n) is 4.18. The van der Waals surface area contributed by atoms with Crippen molar-refractivity contribution in [2.45, 2.75) is 63.7 Å². The van der Waals surface area contributed by atoms with Gasteiger partial charge in [0.1, 0.15) is 18.1 Å². The Morgan fingerprint density at radius 3 is 1.81 bits per heavy atom. The summed E-state index contributed by atoms with van der Waals surface area (Å²) in [6.45, 7) is 3.53. The monoisotopic (exact) mass is 477 g/mol. The summed E-state index contributed by atoms with van der Waals surface area (Å²) in [6.07, 6.45) is -1.02. The maximum absolute atomic E-state index is 12.6. The van der Waals surface area contributed by atoms with Gasteiger partial charge in [-0.1, -0.05) is 13.8 Å². The van der Waals surface area contributed by atoms with Gasteiger partial charge in [-0.3, -0.25) is 24.0 Å². The number of carboxylic acids is 2. The number of carbonyl (C=O) groups excluding carboxylic acids is 4. The lowest BCUT2D eigenvalue weighted by Crippen LogP contribution is -2.58. The first-order chi connectivity index (χ1) is 14.8. The van der Waals surface area contributed by atoms with E-state index in [1.807, 2.05) is 0 Å². The van der Waals surface area contributed by atoms with Gasteiger partial charge in [-0.2, -0.15) is 12.6 Å². The van der Waals surface area contributed by atoms with E-state index in [1.54, 1.807) is 13.8 Å². The molecule has 0 fully saturated rings. The maximum Gasteiger partial charge on any atom is 0.326 e. The van der Waals surface area contributed by atoms with Gasteiger partial charge in [0.2, 0.25) is 23.6 Å². The summed E-state index contributed by atoms with van der Waals surface area (Å²) in [5.41, 5.74) is 10.6. The van der Waals surface area contributed by atoms with Crippen LogP contribution in [0.1, 0.15) is 39.5 Å². The minimum atomic E-state index is -1.41. The fraction of sp³-hybridized carbons (Fsp3) is 0.667. The molecule has 4 unspecified atom stereocenters. The molecule has 0 rings (SSSR count). The number of amides is 4. The van der Waals surface area contributed by atoms with Crippen molar-refractivity contribution in [3.63, 3.8) is 0 Å². The Bertz CT molecular complexity index is 717. The van der Waals surface area contributed by atoms with Gasteiger partial charge in [-0.25, -0.2) is 4.79 Å². The zero-order chi connectivity index (χ0) is 25.0. The van der Waals surface area contributed by atoms with E-state index in [4.69, 9.17) is 16.6 Å². The Morgan fingerprint density at radius 1 is 0.875 bits per heavy atom. The summed E-state index contributed by atoms with van der Waals surface area (Å²) in [7, 11) is 0. The topological polar surface area (TPSA) is 231 Å². The molecule has 0 spiro atoms. The Hall–Kier alpha value is -2.87. The fourth-order valence-electron chi connectivity index (χ4n) is 2.55. The lowest BCUT2D eigenvalue weighted by molar-refractivity contribution is -0.143. The molecule has 0 saturated carbocycles. The van der Waals surface area contributed by atoms with E-state index in [2.05, 4.69) is 28.6 Å². The Balaban J connectivity index is 5.35. The number of hydrogen-bond donors (Lipinski definition) is 8. The number of rotatable bonds is 15. The van der Waals surface area contributed by atoms with Crippen molar-refractivity contribution in [1.29, 1.82) is 0 Å². The second kappa shape index (κ2) is 14.2. The van der Waals surface area contributed by atoms with Crippen molar-refractivity contribution in [1.82, 2.24) is 16.0 Å². The van der Waals surface area contributed by atoms with Gasteiger partial charge in [0.05, 0.1) is 12.5 Å². The van der Waals surface area contributed by atoms with Crippen LogP contribution in [0.3, 0.4) is 0 Å². The highest BCUT2D eigenvalue weighted by molar-refractivity contribution is 7.80. The first-order valence-electron chi connectivity index (χ1n) is 9.78. The summed E-state index contributed by atoms with van der Waals surface area (Å²) in [5.74, 6) is -6.20. The fourth-order valence-corrected chi connectivity index (χ4v) is 2.80. The van der Waals surface area contributed by atoms with Crippen LogP contribution >= 0.6 is 12.6 Å². The molecule has 0 aliphatic rings. The van der Waals surface area contributed by atoms with Crippen molar-refractivity contribution < 1.29 is 39.0 Å². The third-order valence-corrected chi connectivity index (χ3v) is 4.55. The van der Waals surface area contributed by atoms with Crippen LogP contribution < -0.4 is 27.4 Å². The number of nitrogens with one attached hydrogen (secondary N) is 3. The molecule has 14 heteroatoms. The van der Waals surface area contributed by atoms with Crippen LogP contribution in [-0.4, -0.2) is 75.7 Å². The summed E-state index contributed by atoms with van der Waals surface area (Å²) < 4.78 is 0. The maximum atomic E-state index is 12.6. The number of primary amides is 1. The average molecular weight is 478 g/mol. The first kappa shape index (κ1) is 29.1. The number of nitrogens with two attached hydrogens (primary N) is 2. The van der Waals surface area contributed by atoms with Crippen LogP contribution in [0.25, 0.3) is 0 Å². The SMILES string of the molecule is CC(C)CC(NC(=O)C(CCC(N)=O)NC(=O)C(CS)NC(=O)C(N)CC(=O)O)C(=O)O. The Labute approximate surface area is 190 Å². The van der Waals surface area contributed by atoms with Gasteiger partial charge >= 0.3 is 11.9 Å². The highest BCUT2D eigenvalue weighted by Crippen LogP contribution is 2.07. The number of thiol groups is 1. The second-order valence-corrected chi connectivity index (χ2v) is 7.91. The van der Waals surface area contributed by atoms with Crippen LogP contribution in [0.2, 0.25) is 0 Å². The van der Waals surface area contributed by atoms with Crippen molar-refractivity contribution in [2.75, 3.05) is 5.75 Å². The molecule has 0 aromatic heterocycles. The molecule has 0 aromatic carbocycles. The lowest BCUT2D eigenvalue weighted by atomic mass is 10.0. The number of carbonyl (C=O) groups is 6. The lowest BCUT2D eigenvalue weighted by Gasteiger charge is -2.24. The van der Waals surface area contributed by atoms with Gasteiger partial charge in [0, 0.05) is 12.2 Å². The van der Waals surface area contributed by atoms with E-state index < -0.39 is 66.2 Å². The Morgan fingerprint density at radius 2 is 1.38 bits per heavy atom. The van der Waals surface area contributed by atoms with E-state index >= 15 is 0 Å². The highest BCUT2D eigenvalue weighted by Gasteiger charge is 2.30. The molecular weight excluding hydrogens is 446 g/mol. The minimum Gasteiger partial charge on any atom is -0.481 e. The summed E-state index contributed by atoms with van der Waals surface area (Å²) >= 11 is 3.96. The first-order valence-corrected chi connectivity index (χ1v) is 10.4. The predicted molar refractivity (Wildman–Crippen MR) is 115 cm³/mol. The van der Waals surface area contributed by atoms with Crippen molar-refractivity contribution >= 4 is 48.2 Å². The van der Waals surface area contributed by atoms with Gasteiger partial charge in [0.25, 0.3) is 0 Å². The number of aliphatic carboxylic acids is 2. The van der Waals surface area contributed by atoms with Gasteiger partial charge in [0.15, 0.2) is 0 Å². The molecule has 9 N–H and O–H groups in total. The van der Waals surface area contributed by atoms with Gasteiger partial charge < -0.3 is 37.6 Å². The quantitative estimate of drug-likeness (QED) is 0.117. The van der Waals surface area contributed by atoms with E-state index in [9.17, 15) is 33.9 Å². The van der Waals surface area contributed by atoms with Crippen LogP contribution in [0, 0.1) is 5.92 Å². The molecule has 13 nitrogen and oxygen atoms in total. The number of hydrogen-bond acceptors (Lipinski definition) is 8. The van der Waals surface area contributed by atoms with E-state index in [0.29, 0.717) is 0 Å². The van der Waals surface area contributed by atoms with E-state index in [0.717, 1.165) is 0 Å². The van der Waals surface area contributed by atoms with Gasteiger partial charge in [-0.05, 0) is 18.8 Å².